The number of ether oxygens (including phenoxy) is 1. The molecule has 13 heteroatoms. The fraction of sp³-hybridized carbons (Fsp3) is 0.0833. The highest BCUT2D eigenvalue weighted by Gasteiger charge is 2.35. The molecule has 0 unspecified atom stereocenters. The number of hydrogen-bond acceptors (Lipinski definition) is 5. The molecule has 5 rings (SSSR count). The van der Waals surface area contributed by atoms with E-state index in [1.54, 1.807) is 24.3 Å². The molecule has 0 aliphatic heterocycles. The number of halogens is 5. The van der Waals surface area contributed by atoms with Gasteiger partial charge >= 0.3 is 6.18 Å². The second kappa shape index (κ2) is 9.54. The summed E-state index contributed by atoms with van der Waals surface area (Å²) in [4.78, 5) is 16.9. The Hall–Kier alpha value is -4.45. The van der Waals surface area contributed by atoms with Crippen LogP contribution in [0.2, 0.25) is 5.02 Å². The number of nitrogens with one attached hydrogen (secondary N) is 1. The van der Waals surface area contributed by atoms with Crippen LogP contribution in [0, 0.1) is 5.82 Å². The van der Waals surface area contributed by atoms with E-state index in [1.807, 2.05) is 0 Å². The number of carbonyl (C=O) groups excluding carboxylic acids is 1. The fourth-order valence-corrected chi connectivity index (χ4v) is 3.63. The summed E-state index contributed by atoms with van der Waals surface area (Å²) < 4.78 is 62.1. The maximum Gasteiger partial charge on any atom is 0.433 e. The maximum absolute atomic E-state index is 13.8. The van der Waals surface area contributed by atoms with Crippen LogP contribution in [0.1, 0.15) is 16.2 Å². The third kappa shape index (κ3) is 5.38. The quantitative estimate of drug-likeness (QED) is 0.285. The van der Waals surface area contributed by atoms with Gasteiger partial charge in [0, 0.05) is 16.7 Å². The van der Waals surface area contributed by atoms with Crippen molar-refractivity contribution in [3.05, 3.63) is 95.3 Å². The number of fused-ring (bicyclic) bond motifs is 1. The van der Waals surface area contributed by atoms with Gasteiger partial charge < -0.3 is 10.1 Å². The smallest absolute Gasteiger partial charge is 0.433 e. The number of hydrogen-bond donors (Lipinski definition) is 1. The predicted molar refractivity (Wildman–Crippen MR) is 126 cm³/mol. The van der Waals surface area contributed by atoms with Crippen molar-refractivity contribution < 1.29 is 27.1 Å². The molecule has 3 aromatic heterocycles. The zero-order chi connectivity index (χ0) is 26.2. The van der Waals surface area contributed by atoms with Gasteiger partial charge in [0.05, 0.1) is 23.8 Å². The molecular formula is C24H15ClF4N6O2. The molecular weight excluding hydrogens is 516 g/mol. The van der Waals surface area contributed by atoms with Gasteiger partial charge in [-0.15, -0.1) is 0 Å². The molecule has 0 bridgehead atoms. The second-order valence-corrected chi connectivity index (χ2v) is 8.22. The lowest BCUT2D eigenvalue weighted by Gasteiger charge is -2.11. The Bertz CT molecular complexity index is 1600. The fourth-order valence-electron chi connectivity index (χ4n) is 3.45. The molecule has 0 radical (unpaired) electrons. The molecule has 0 saturated carbocycles. The first kappa shape index (κ1) is 24.3. The van der Waals surface area contributed by atoms with Gasteiger partial charge in [0.1, 0.15) is 11.6 Å². The Morgan fingerprint density at radius 1 is 1.08 bits per heavy atom. The van der Waals surface area contributed by atoms with Crippen LogP contribution in [0.4, 0.5) is 23.2 Å². The highest BCUT2D eigenvalue weighted by Crippen LogP contribution is 2.32. The number of rotatable bonds is 6. The van der Waals surface area contributed by atoms with E-state index in [2.05, 4.69) is 20.5 Å². The third-order valence-corrected chi connectivity index (χ3v) is 5.38. The lowest BCUT2D eigenvalue weighted by molar-refractivity contribution is -0.142. The predicted octanol–water partition coefficient (Wildman–Crippen LogP) is 5.69. The molecule has 37 heavy (non-hydrogen) atoms. The van der Waals surface area contributed by atoms with Crippen molar-refractivity contribution in [1.29, 1.82) is 0 Å². The summed E-state index contributed by atoms with van der Waals surface area (Å²) >= 11 is 5.92. The zero-order valence-electron chi connectivity index (χ0n) is 18.6. The van der Waals surface area contributed by atoms with Crippen molar-refractivity contribution >= 4 is 28.8 Å². The highest BCUT2D eigenvalue weighted by atomic mass is 35.5. The molecule has 1 N–H and O–H groups in total. The molecule has 0 atom stereocenters. The van der Waals surface area contributed by atoms with Crippen LogP contribution < -0.4 is 10.1 Å². The summed E-state index contributed by atoms with van der Waals surface area (Å²) in [6, 6.07) is 13.5. The Balaban J connectivity index is 1.37. The van der Waals surface area contributed by atoms with Crippen molar-refractivity contribution in [3.63, 3.8) is 0 Å². The van der Waals surface area contributed by atoms with Crippen LogP contribution in [-0.2, 0) is 12.9 Å². The van der Waals surface area contributed by atoms with E-state index in [1.165, 1.54) is 29.2 Å². The first-order chi connectivity index (χ1) is 17.7. The molecule has 0 aliphatic rings. The average Bonchev–Trinajstić information content (AvgIpc) is 3.49. The van der Waals surface area contributed by atoms with E-state index in [9.17, 15) is 22.4 Å². The minimum Gasteiger partial charge on any atom is -0.471 e. The first-order valence-corrected chi connectivity index (χ1v) is 11.0. The van der Waals surface area contributed by atoms with Gasteiger partial charge in [-0.2, -0.15) is 23.4 Å². The molecule has 188 valence electrons. The number of amides is 1. The maximum atomic E-state index is 13.8. The minimum atomic E-state index is -4.79. The van der Waals surface area contributed by atoms with Crippen molar-refractivity contribution in [1.82, 2.24) is 24.4 Å². The normalized spacial score (nSPS) is 11.6. The Morgan fingerprint density at radius 3 is 2.59 bits per heavy atom. The van der Waals surface area contributed by atoms with Gasteiger partial charge in [0.15, 0.2) is 23.8 Å². The molecule has 5 aromatic rings. The van der Waals surface area contributed by atoms with E-state index >= 15 is 0 Å². The number of aromatic nitrogens is 5. The van der Waals surface area contributed by atoms with Crippen LogP contribution in [0.25, 0.3) is 16.9 Å². The summed E-state index contributed by atoms with van der Waals surface area (Å²) in [5.41, 5.74) is -1.14. The number of nitrogens with zero attached hydrogens (tertiary/aromatic N) is 5. The molecule has 1 amide bonds. The molecule has 8 nitrogen and oxygen atoms in total. The van der Waals surface area contributed by atoms with Crippen LogP contribution in [0.5, 0.6) is 5.75 Å². The average molecular weight is 531 g/mol. The van der Waals surface area contributed by atoms with Crippen LogP contribution in [0.3, 0.4) is 0 Å². The van der Waals surface area contributed by atoms with Gasteiger partial charge in [0.2, 0.25) is 0 Å². The minimum absolute atomic E-state index is 0.0234. The van der Waals surface area contributed by atoms with E-state index in [0.29, 0.717) is 15.3 Å². The number of carbonyl (C=O) groups is 1. The van der Waals surface area contributed by atoms with Crippen molar-refractivity contribution in [2.24, 2.45) is 0 Å². The standard InChI is InChI=1S/C24H15ClF4N6O2/c25-15-2-1-3-18(8-15)37-13-34-12-17(11-30-34)31-23(36)20-10-22-32-19(14-4-6-16(26)7-5-14)9-21(24(27,28)29)35(22)33-20/h1-12H,13H2,(H,31,36). The molecule has 2 aromatic carbocycles. The van der Waals surface area contributed by atoms with Crippen LogP contribution in [-0.4, -0.2) is 30.3 Å². The molecule has 0 spiro atoms. The topological polar surface area (TPSA) is 86.3 Å². The van der Waals surface area contributed by atoms with E-state index in [4.69, 9.17) is 16.3 Å². The van der Waals surface area contributed by atoms with E-state index < -0.39 is 23.6 Å². The van der Waals surface area contributed by atoms with Gasteiger partial charge in [-0.1, -0.05) is 17.7 Å². The Labute approximate surface area is 211 Å². The summed E-state index contributed by atoms with van der Waals surface area (Å²) in [7, 11) is 0. The van der Waals surface area contributed by atoms with Crippen LogP contribution in [0.15, 0.2) is 73.1 Å². The summed E-state index contributed by atoms with van der Waals surface area (Å²) in [6.07, 6.45) is -1.97. The lowest BCUT2D eigenvalue weighted by Crippen LogP contribution is -2.15. The van der Waals surface area contributed by atoms with Crippen molar-refractivity contribution in [2.75, 3.05) is 5.32 Å². The number of benzene rings is 2. The summed E-state index contributed by atoms with van der Waals surface area (Å²) in [5, 5.41) is 10.9. The van der Waals surface area contributed by atoms with Gasteiger partial charge in [-0.05, 0) is 48.5 Å². The summed E-state index contributed by atoms with van der Waals surface area (Å²) in [5.74, 6) is -0.785. The van der Waals surface area contributed by atoms with Crippen LogP contribution >= 0.6 is 11.6 Å². The van der Waals surface area contributed by atoms with Crippen molar-refractivity contribution in [3.8, 4) is 17.0 Å². The highest BCUT2D eigenvalue weighted by molar-refractivity contribution is 6.30. The Morgan fingerprint density at radius 2 is 1.86 bits per heavy atom. The Kier molecular flexibility index (Phi) is 6.25. The van der Waals surface area contributed by atoms with Gasteiger partial charge in [0.25, 0.3) is 5.91 Å². The molecule has 0 fully saturated rings. The molecule has 0 aliphatic carbocycles. The first-order valence-electron chi connectivity index (χ1n) is 10.6. The third-order valence-electron chi connectivity index (χ3n) is 5.14. The molecule has 3 heterocycles. The largest absolute Gasteiger partial charge is 0.471 e. The SMILES string of the molecule is O=C(Nc1cnn(COc2cccc(Cl)c2)c1)c1cc2nc(-c3ccc(F)cc3)cc(C(F)(F)F)n2n1. The summed E-state index contributed by atoms with van der Waals surface area (Å²) in [6.45, 7) is 0.0234. The monoisotopic (exact) mass is 530 g/mol. The van der Waals surface area contributed by atoms with E-state index in [-0.39, 0.29) is 35.0 Å². The van der Waals surface area contributed by atoms with Crippen molar-refractivity contribution in [2.45, 2.75) is 12.9 Å². The van der Waals surface area contributed by atoms with E-state index in [0.717, 1.165) is 24.3 Å². The molecule has 0 saturated heterocycles. The van der Waals surface area contributed by atoms with Gasteiger partial charge in [-0.25, -0.2) is 18.6 Å². The zero-order valence-corrected chi connectivity index (χ0v) is 19.3. The van der Waals surface area contributed by atoms with Gasteiger partial charge in [-0.3, -0.25) is 4.79 Å². The lowest BCUT2D eigenvalue weighted by atomic mass is 10.1. The number of anilines is 1. The number of alkyl halides is 3. The second-order valence-electron chi connectivity index (χ2n) is 7.78.